The Kier molecular flexibility index (Phi) is 5.04. The predicted molar refractivity (Wildman–Crippen MR) is 103 cm³/mol. The highest BCUT2D eigenvalue weighted by molar-refractivity contribution is 9.10. The molecule has 0 aliphatic carbocycles. The molecule has 0 spiro atoms. The summed E-state index contributed by atoms with van der Waals surface area (Å²) in [6.45, 7) is 0. The molecule has 0 radical (unpaired) electrons. The van der Waals surface area contributed by atoms with Crippen LogP contribution in [0.5, 0.6) is 0 Å². The van der Waals surface area contributed by atoms with Crippen molar-refractivity contribution in [3.8, 4) is 0 Å². The molecule has 0 bridgehead atoms. The number of nitrogens with zero attached hydrogens (tertiary/aromatic N) is 5. The molecule has 8 nitrogen and oxygen atoms in total. The first kappa shape index (κ1) is 20.4. The van der Waals surface area contributed by atoms with E-state index in [2.05, 4.69) is 31.0 Å². The SMILES string of the molecule is COC(=O)c1nn(C)c2c3ncc(Br)cc3n(C(CCC(F)(F)F)c3cocn3)c12. The van der Waals surface area contributed by atoms with Gasteiger partial charge in [0.15, 0.2) is 12.1 Å². The van der Waals surface area contributed by atoms with Crippen molar-refractivity contribution in [2.24, 2.45) is 7.05 Å². The molecule has 0 aliphatic rings. The molecule has 0 aliphatic heterocycles. The summed E-state index contributed by atoms with van der Waals surface area (Å²) in [6, 6.07) is 0.846. The van der Waals surface area contributed by atoms with E-state index >= 15 is 0 Å². The van der Waals surface area contributed by atoms with Crippen molar-refractivity contribution in [2.45, 2.75) is 25.1 Å². The quantitative estimate of drug-likeness (QED) is 0.389. The predicted octanol–water partition coefficient (Wildman–Crippen LogP) is 4.39. The third kappa shape index (κ3) is 3.44. The number of fused-ring (bicyclic) bond motifs is 3. The molecule has 1 unspecified atom stereocenters. The Balaban J connectivity index is 2.07. The highest BCUT2D eigenvalue weighted by Crippen LogP contribution is 2.39. The summed E-state index contributed by atoms with van der Waals surface area (Å²) in [4.78, 5) is 20.9. The summed E-state index contributed by atoms with van der Waals surface area (Å²) in [7, 11) is 2.84. The van der Waals surface area contributed by atoms with Gasteiger partial charge in [0.05, 0.1) is 18.7 Å². The van der Waals surface area contributed by atoms with Gasteiger partial charge in [0, 0.05) is 24.1 Å². The van der Waals surface area contributed by atoms with Gasteiger partial charge in [-0.3, -0.25) is 9.67 Å². The molecule has 4 rings (SSSR count). The van der Waals surface area contributed by atoms with E-state index in [9.17, 15) is 18.0 Å². The molecule has 1 atom stereocenters. The highest BCUT2D eigenvalue weighted by Gasteiger charge is 2.34. The number of alkyl halides is 3. The van der Waals surface area contributed by atoms with E-state index < -0.39 is 24.6 Å². The van der Waals surface area contributed by atoms with Crippen LogP contribution < -0.4 is 0 Å². The van der Waals surface area contributed by atoms with Gasteiger partial charge in [0.2, 0.25) is 0 Å². The van der Waals surface area contributed by atoms with E-state index in [0.717, 1.165) is 6.39 Å². The molecule has 0 saturated carbocycles. The van der Waals surface area contributed by atoms with Gasteiger partial charge in [0.1, 0.15) is 28.5 Å². The van der Waals surface area contributed by atoms with Crippen molar-refractivity contribution in [3.63, 3.8) is 0 Å². The largest absolute Gasteiger partial charge is 0.464 e. The number of aromatic nitrogens is 5. The number of hydrogen-bond acceptors (Lipinski definition) is 6. The standard InChI is InChI=1S/C18H15BrF3N5O3/c1-26-15-13-12(5-9(19)6-23-13)27(16(15)14(25-26)17(28)29-2)11(3-4-18(20,21)22)10-7-30-8-24-10/h5-8,11H,3-4H2,1-2H3. The fourth-order valence-corrected chi connectivity index (χ4v) is 3.89. The molecule has 12 heteroatoms. The molecular formula is C18H15BrF3N5O3. The second-order valence-corrected chi connectivity index (χ2v) is 7.55. The van der Waals surface area contributed by atoms with Crippen LogP contribution in [-0.2, 0) is 11.8 Å². The average molecular weight is 486 g/mol. The number of carbonyl (C=O) groups excluding carboxylic acids is 1. The first-order valence-corrected chi connectivity index (χ1v) is 9.56. The van der Waals surface area contributed by atoms with E-state index in [4.69, 9.17) is 9.15 Å². The lowest BCUT2D eigenvalue weighted by Gasteiger charge is -2.20. The lowest BCUT2D eigenvalue weighted by molar-refractivity contribution is -0.136. The van der Waals surface area contributed by atoms with E-state index in [1.165, 1.54) is 18.1 Å². The summed E-state index contributed by atoms with van der Waals surface area (Å²) in [6.07, 6.45) is -1.74. The van der Waals surface area contributed by atoms with Gasteiger partial charge in [-0.1, -0.05) is 0 Å². The van der Waals surface area contributed by atoms with Gasteiger partial charge in [-0.15, -0.1) is 0 Å². The minimum Gasteiger partial charge on any atom is -0.464 e. The molecular weight excluding hydrogens is 471 g/mol. The monoisotopic (exact) mass is 485 g/mol. The van der Waals surface area contributed by atoms with E-state index in [1.807, 2.05) is 0 Å². The summed E-state index contributed by atoms with van der Waals surface area (Å²) in [5, 5.41) is 4.23. The zero-order valence-corrected chi connectivity index (χ0v) is 17.4. The van der Waals surface area contributed by atoms with Crippen LogP contribution in [0.4, 0.5) is 13.2 Å². The number of oxazole rings is 1. The molecule has 0 fully saturated rings. The normalized spacial score (nSPS) is 13.3. The van der Waals surface area contributed by atoms with Crippen molar-refractivity contribution in [2.75, 3.05) is 7.11 Å². The van der Waals surface area contributed by atoms with Crippen molar-refractivity contribution >= 4 is 44.0 Å². The Morgan fingerprint density at radius 3 is 2.73 bits per heavy atom. The first-order chi connectivity index (χ1) is 14.2. The average Bonchev–Trinajstić information content (AvgIpc) is 3.38. The van der Waals surface area contributed by atoms with E-state index in [-0.39, 0.29) is 17.8 Å². The van der Waals surface area contributed by atoms with Crippen LogP contribution in [0.25, 0.3) is 22.1 Å². The topological polar surface area (TPSA) is 88.0 Å². The van der Waals surface area contributed by atoms with E-state index in [1.54, 1.807) is 23.9 Å². The molecule has 4 heterocycles. The number of ether oxygens (including phenoxy) is 1. The smallest absolute Gasteiger partial charge is 0.389 e. The summed E-state index contributed by atoms with van der Waals surface area (Å²) in [5.41, 5.74) is 2.09. The van der Waals surface area contributed by atoms with Crippen molar-refractivity contribution in [1.82, 2.24) is 24.3 Å². The molecule has 0 amide bonds. The Hall–Kier alpha value is -2.89. The Morgan fingerprint density at radius 2 is 2.10 bits per heavy atom. The minimum atomic E-state index is -4.37. The molecule has 0 saturated heterocycles. The number of aryl methyl sites for hydroxylation is 1. The first-order valence-electron chi connectivity index (χ1n) is 8.76. The van der Waals surface area contributed by atoms with Gasteiger partial charge in [0.25, 0.3) is 0 Å². The zero-order valence-electron chi connectivity index (χ0n) is 15.8. The third-order valence-electron chi connectivity index (χ3n) is 4.77. The summed E-state index contributed by atoms with van der Waals surface area (Å²) in [5.74, 6) is -0.710. The Morgan fingerprint density at radius 1 is 1.33 bits per heavy atom. The number of pyridine rings is 1. The van der Waals surface area contributed by atoms with Gasteiger partial charge >= 0.3 is 12.1 Å². The van der Waals surface area contributed by atoms with Gasteiger partial charge in [-0.05, 0) is 28.4 Å². The van der Waals surface area contributed by atoms with Crippen LogP contribution in [0.3, 0.4) is 0 Å². The number of carbonyl (C=O) groups is 1. The molecule has 158 valence electrons. The van der Waals surface area contributed by atoms with Crippen molar-refractivity contribution < 1.29 is 27.1 Å². The second-order valence-electron chi connectivity index (χ2n) is 6.64. The number of methoxy groups -OCH3 is 1. The molecule has 0 aromatic carbocycles. The molecule has 4 aromatic rings. The summed E-state index contributed by atoms with van der Waals surface area (Å²) < 4.78 is 52.9. The van der Waals surface area contributed by atoms with Crippen LogP contribution in [0, 0.1) is 0 Å². The zero-order chi connectivity index (χ0) is 21.6. The molecule has 0 N–H and O–H groups in total. The van der Waals surface area contributed by atoms with Gasteiger partial charge < -0.3 is 13.7 Å². The molecule has 4 aromatic heterocycles. The van der Waals surface area contributed by atoms with Gasteiger partial charge in [-0.2, -0.15) is 18.3 Å². The third-order valence-corrected chi connectivity index (χ3v) is 5.20. The summed E-state index contributed by atoms with van der Waals surface area (Å²) >= 11 is 3.36. The Bertz CT molecular complexity index is 1230. The lowest BCUT2D eigenvalue weighted by atomic mass is 10.1. The maximum absolute atomic E-state index is 13.1. The Labute approximate surface area is 175 Å². The number of hydrogen-bond donors (Lipinski definition) is 0. The van der Waals surface area contributed by atoms with Crippen LogP contribution >= 0.6 is 15.9 Å². The number of halogens is 4. The van der Waals surface area contributed by atoms with Crippen LogP contribution in [0.1, 0.15) is 35.1 Å². The van der Waals surface area contributed by atoms with E-state index in [0.29, 0.717) is 26.5 Å². The fourth-order valence-electron chi connectivity index (χ4n) is 3.58. The van der Waals surface area contributed by atoms with Crippen molar-refractivity contribution in [1.29, 1.82) is 0 Å². The fraction of sp³-hybridized carbons (Fsp3) is 0.333. The second kappa shape index (κ2) is 7.42. The highest BCUT2D eigenvalue weighted by atomic mass is 79.9. The number of rotatable bonds is 5. The lowest BCUT2D eigenvalue weighted by Crippen LogP contribution is -2.17. The minimum absolute atomic E-state index is 0.0235. The number of esters is 1. The van der Waals surface area contributed by atoms with Crippen molar-refractivity contribution in [3.05, 3.63) is 40.8 Å². The maximum Gasteiger partial charge on any atom is 0.389 e. The molecule has 30 heavy (non-hydrogen) atoms. The van der Waals surface area contributed by atoms with Crippen LogP contribution in [0.2, 0.25) is 0 Å². The van der Waals surface area contributed by atoms with Gasteiger partial charge in [-0.25, -0.2) is 9.78 Å². The van der Waals surface area contributed by atoms with Crippen LogP contribution in [0.15, 0.2) is 33.8 Å². The maximum atomic E-state index is 13.1. The van der Waals surface area contributed by atoms with Crippen LogP contribution in [-0.4, -0.2) is 43.6 Å².